The van der Waals surface area contributed by atoms with E-state index in [0.717, 1.165) is 18.9 Å². The highest BCUT2D eigenvalue weighted by molar-refractivity contribution is 5.34. The molecule has 2 N–H and O–H groups in total. The van der Waals surface area contributed by atoms with Crippen LogP contribution in [0.3, 0.4) is 0 Å². The Hall–Kier alpha value is -0.860. The molecule has 98 valence electrons. The van der Waals surface area contributed by atoms with Crippen molar-refractivity contribution in [2.24, 2.45) is 5.92 Å². The zero-order valence-corrected chi connectivity index (χ0v) is 10.9. The highest BCUT2D eigenvalue weighted by Gasteiger charge is 2.29. The summed E-state index contributed by atoms with van der Waals surface area (Å²) in [5.74, 6) is 0.739. The van der Waals surface area contributed by atoms with Crippen LogP contribution in [-0.2, 0) is 6.54 Å². The first kappa shape index (κ1) is 12.2. The molecule has 1 heterocycles. The minimum atomic E-state index is -0.225. The van der Waals surface area contributed by atoms with Crippen LogP contribution in [0, 0.1) is 5.92 Å². The van der Waals surface area contributed by atoms with Crippen LogP contribution in [-0.4, -0.2) is 11.2 Å². The van der Waals surface area contributed by atoms with Crippen molar-refractivity contribution in [3.05, 3.63) is 35.4 Å². The van der Waals surface area contributed by atoms with Gasteiger partial charge in [0, 0.05) is 6.54 Å². The number of benzene rings is 1. The Balaban J connectivity index is 1.64. The molecule has 0 aromatic heterocycles. The van der Waals surface area contributed by atoms with E-state index >= 15 is 0 Å². The maximum absolute atomic E-state index is 10.5. The molecule has 1 aliphatic heterocycles. The molecule has 2 aliphatic rings. The molecular formula is C16H23NO. The number of fused-ring (bicyclic) bond motifs is 1. The van der Waals surface area contributed by atoms with Gasteiger partial charge in [-0.15, -0.1) is 0 Å². The molecule has 0 amide bonds. The number of nitrogens with one attached hydrogen (secondary N) is 1. The lowest BCUT2D eigenvalue weighted by molar-refractivity contribution is 0.0950. The smallest absolute Gasteiger partial charge is 0.0737 e. The van der Waals surface area contributed by atoms with Gasteiger partial charge in [0.05, 0.1) is 12.1 Å². The van der Waals surface area contributed by atoms with Crippen molar-refractivity contribution >= 4 is 0 Å². The Morgan fingerprint density at radius 1 is 1.17 bits per heavy atom. The van der Waals surface area contributed by atoms with Crippen molar-refractivity contribution in [3.8, 4) is 0 Å². The molecule has 0 spiro atoms. The van der Waals surface area contributed by atoms with E-state index in [4.69, 9.17) is 0 Å². The van der Waals surface area contributed by atoms with Crippen molar-refractivity contribution < 1.29 is 5.11 Å². The molecule has 0 radical (unpaired) electrons. The molecule has 2 unspecified atom stereocenters. The maximum atomic E-state index is 10.5. The van der Waals surface area contributed by atoms with E-state index in [9.17, 15) is 5.11 Å². The van der Waals surface area contributed by atoms with Crippen LogP contribution in [0.2, 0.25) is 0 Å². The Morgan fingerprint density at radius 2 is 1.94 bits per heavy atom. The fourth-order valence-corrected chi connectivity index (χ4v) is 3.57. The van der Waals surface area contributed by atoms with Gasteiger partial charge in [-0.05, 0) is 23.5 Å². The van der Waals surface area contributed by atoms with Crippen molar-refractivity contribution in [2.45, 2.75) is 57.2 Å². The summed E-state index contributed by atoms with van der Waals surface area (Å²) in [6.07, 6.45) is 7.45. The largest absolute Gasteiger partial charge is 0.391 e. The molecule has 1 fully saturated rings. The summed E-state index contributed by atoms with van der Waals surface area (Å²) in [5.41, 5.74) is 2.66. The molecule has 1 aliphatic carbocycles. The van der Waals surface area contributed by atoms with E-state index in [1.807, 2.05) is 0 Å². The van der Waals surface area contributed by atoms with Gasteiger partial charge in [0.25, 0.3) is 0 Å². The van der Waals surface area contributed by atoms with Gasteiger partial charge in [-0.2, -0.15) is 0 Å². The Kier molecular flexibility index (Phi) is 3.67. The summed E-state index contributed by atoms with van der Waals surface area (Å²) in [6.45, 7) is 0.905. The van der Waals surface area contributed by atoms with Crippen molar-refractivity contribution in [2.75, 3.05) is 0 Å². The second-order valence-electron chi connectivity index (χ2n) is 5.86. The predicted molar refractivity (Wildman–Crippen MR) is 73.2 cm³/mol. The minimum Gasteiger partial charge on any atom is -0.391 e. The van der Waals surface area contributed by atoms with Gasteiger partial charge in [-0.25, -0.2) is 0 Å². The zero-order valence-electron chi connectivity index (χ0n) is 10.9. The highest BCUT2D eigenvalue weighted by atomic mass is 16.3. The summed E-state index contributed by atoms with van der Waals surface area (Å²) >= 11 is 0. The number of rotatable bonds is 3. The zero-order chi connectivity index (χ0) is 12.4. The molecule has 18 heavy (non-hydrogen) atoms. The third-order valence-electron chi connectivity index (χ3n) is 4.59. The summed E-state index contributed by atoms with van der Waals surface area (Å²) < 4.78 is 0. The summed E-state index contributed by atoms with van der Waals surface area (Å²) in [4.78, 5) is 0. The molecule has 2 atom stereocenters. The van der Waals surface area contributed by atoms with Gasteiger partial charge >= 0.3 is 0 Å². The van der Waals surface area contributed by atoms with Crippen molar-refractivity contribution in [3.63, 3.8) is 0 Å². The van der Waals surface area contributed by atoms with Crippen LogP contribution in [0.5, 0.6) is 0 Å². The Morgan fingerprint density at radius 3 is 2.78 bits per heavy atom. The average Bonchev–Trinajstić information content (AvgIpc) is 2.84. The lowest BCUT2D eigenvalue weighted by Crippen LogP contribution is -2.29. The number of hydrogen-bond donors (Lipinski definition) is 2. The quantitative estimate of drug-likeness (QED) is 0.857. The van der Waals surface area contributed by atoms with E-state index in [-0.39, 0.29) is 12.1 Å². The van der Waals surface area contributed by atoms with E-state index < -0.39 is 0 Å². The van der Waals surface area contributed by atoms with E-state index in [0.29, 0.717) is 0 Å². The fourth-order valence-electron chi connectivity index (χ4n) is 3.57. The van der Waals surface area contributed by atoms with Crippen molar-refractivity contribution in [1.29, 1.82) is 0 Å². The SMILES string of the molecule is OC(CC1CCCCC1)C1NCc2ccccc21. The topological polar surface area (TPSA) is 32.3 Å². The van der Waals surface area contributed by atoms with Gasteiger partial charge in [-0.1, -0.05) is 56.4 Å². The molecule has 2 heteroatoms. The third-order valence-corrected chi connectivity index (χ3v) is 4.59. The normalized spacial score (nSPS) is 25.9. The lowest BCUT2D eigenvalue weighted by atomic mass is 9.83. The number of hydrogen-bond acceptors (Lipinski definition) is 2. The van der Waals surface area contributed by atoms with Gasteiger partial charge in [0.2, 0.25) is 0 Å². The summed E-state index contributed by atoms with van der Waals surface area (Å²) in [7, 11) is 0. The van der Waals surface area contributed by atoms with Gasteiger partial charge in [0.1, 0.15) is 0 Å². The first-order chi connectivity index (χ1) is 8.84. The Bertz CT molecular complexity index is 398. The molecule has 3 rings (SSSR count). The minimum absolute atomic E-state index is 0.156. The second kappa shape index (κ2) is 5.41. The molecule has 1 saturated carbocycles. The first-order valence-electron chi connectivity index (χ1n) is 7.34. The van der Waals surface area contributed by atoms with Crippen LogP contribution in [0.25, 0.3) is 0 Å². The predicted octanol–water partition coefficient (Wildman–Crippen LogP) is 3.16. The monoisotopic (exact) mass is 245 g/mol. The van der Waals surface area contributed by atoms with E-state index in [1.54, 1.807) is 0 Å². The number of aliphatic hydroxyl groups excluding tert-OH is 1. The van der Waals surface area contributed by atoms with E-state index in [1.165, 1.54) is 43.2 Å². The maximum Gasteiger partial charge on any atom is 0.0737 e. The highest BCUT2D eigenvalue weighted by Crippen LogP contribution is 2.33. The van der Waals surface area contributed by atoms with Gasteiger partial charge in [0.15, 0.2) is 0 Å². The van der Waals surface area contributed by atoms with Crippen LogP contribution in [0.1, 0.15) is 55.7 Å². The standard InChI is InChI=1S/C16H23NO/c18-15(10-12-6-2-1-3-7-12)16-14-9-5-4-8-13(14)11-17-16/h4-5,8-9,12,15-18H,1-3,6-7,10-11H2. The van der Waals surface area contributed by atoms with Crippen LogP contribution < -0.4 is 5.32 Å². The van der Waals surface area contributed by atoms with Crippen molar-refractivity contribution in [1.82, 2.24) is 5.32 Å². The molecule has 0 saturated heterocycles. The van der Waals surface area contributed by atoms with Crippen LogP contribution in [0.15, 0.2) is 24.3 Å². The molecule has 2 nitrogen and oxygen atoms in total. The molecule has 0 bridgehead atoms. The van der Waals surface area contributed by atoms with E-state index in [2.05, 4.69) is 29.6 Å². The number of aliphatic hydroxyl groups is 1. The van der Waals surface area contributed by atoms with Gasteiger partial charge < -0.3 is 10.4 Å². The average molecular weight is 245 g/mol. The molecule has 1 aromatic carbocycles. The molecule has 1 aromatic rings. The third kappa shape index (κ3) is 2.45. The fraction of sp³-hybridized carbons (Fsp3) is 0.625. The molecular weight excluding hydrogens is 222 g/mol. The van der Waals surface area contributed by atoms with Crippen LogP contribution in [0.4, 0.5) is 0 Å². The first-order valence-corrected chi connectivity index (χ1v) is 7.34. The summed E-state index contributed by atoms with van der Waals surface area (Å²) in [5, 5.41) is 13.9. The van der Waals surface area contributed by atoms with Gasteiger partial charge in [-0.3, -0.25) is 0 Å². The summed E-state index contributed by atoms with van der Waals surface area (Å²) in [6, 6.07) is 8.63. The lowest BCUT2D eigenvalue weighted by Gasteiger charge is -2.27. The second-order valence-corrected chi connectivity index (χ2v) is 5.86. The Labute approximate surface area is 109 Å². The van der Waals surface area contributed by atoms with Crippen LogP contribution >= 0.6 is 0 Å².